The first-order valence-electron chi connectivity index (χ1n) is 23.3. The fourth-order valence-corrected chi connectivity index (χ4v) is 11.7. The van der Waals surface area contributed by atoms with Gasteiger partial charge in [0.25, 0.3) is 13.4 Å². The predicted octanol–water partition coefficient (Wildman–Crippen LogP) is 10.9. The molecule has 0 radical (unpaired) electrons. The van der Waals surface area contributed by atoms with Crippen molar-refractivity contribution in [2.24, 2.45) is 0 Å². The van der Waals surface area contributed by atoms with Gasteiger partial charge in [-0.3, -0.25) is 0 Å². The highest BCUT2D eigenvalue weighted by molar-refractivity contribution is 7.00. The van der Waals surface area contributed by atoms with Gasteiger partial charge in [-0.1, -0.05) is 132 Å². The average Bonchev–Trinajstić information content (AvgIpc) is 3.74. The van der Waals surface area contributed by atoms with Gasteiger partial charge in [0.2, 0.25) is 0 Å². The Balaban J connectivity index is 1.15. The Morgan fingerprint density at radius 1 is 0.344 bits per heavy atom. The zero-order valence-corrected chi connectivity index (χ0v) is 39.3. The summed E-state index contributed by atoms with van der Waals surface area (Å²) in [5, 5.41) is 5.05. The first-order valence-corrected chi connectivity index (χ1v) is 23.3. The van der Waals surface area contributed by atoms with Crippen LogP contribution in [0, 0.1) is 0 Å². The summed E-state index contributed by atoms with van der Waals surface area (Å²) in [5.74, 6) is 3.82. The van der Waals surface area contributed by atoms with Crippen LogP contribution in [0.25, 0.3) is 55.0 Å². The van der Waals surface area contributed by atoms with Crippen LogP contribution in [0.5, 0.6) is 23.0 Å². The summed E-state index contributed by atoms with van der Waals surface area (Å²) in [6, 6.07) is 42.4. The molecule has 314 valence electrons. The molecule has 0 aliphatic carbocycles. The molecule has 7 aromatic carbocycles. The largest absolute Gasteiger partial charge is 0.458 e. The average molecular weight is 833 g/mol. The van der Waals surface area contributed by atoms with Crippen molar-refractivity contribution in [1.29, 1.82) is 0 Å². The molecule has 6 heterocycles. The Kier molecular flexibility index (Phi) is 7.16. The molecule has 6 heteroatoms. The second-order valence-corrected chi connectivity index (χ2v) is 23.4. The molecule has 0 fully saturated rings. The zero-order valence-electron chi connectivity index (χ0n) is 39.3. The van der Waals surface area contributed by atoms with Gasteiger partial charge in [0.1, 0.15) is 23.0 Å². The molecule has 0 unspecified atom stereocenters. The minimum Gasteiger partial charge on any atom is -0.458 e. The van der Waals surface area contributed by atoms with Crippen molar-refractivity contribution >= 4 is 89.8 Å². The van der Waals surface area contributed by atoms with Crippen LogP contribution in [0.2, 0.25) is 0 Å². The quantitative estimate of drug-likeness (QED) is 0.142. The third-order valence-electron chi connectivity index (χ3n) is 15.3. The first kappa shape index (κ1) is 38.3. The Morgan fingerprint density at radius 3 is 1.06 bits per heavy atom. The minimum atomic E-state index is -0.0131. The molecule has 0 atom stereocenters. The number of ether oxygens (including phenoxy) is 2. The van der Waals surface area contributed by atoms with Gasteiger partial charge in [-0.2, -0.15) is 0 Å². The summed E-state index contributed by atoms with van der Waals surface area (Å²) >= 11 is 0. The Hall–Kier alpha value is -6.13. The second kappa shape index (κ2) is 12.0. The minimum absolute atomic E-state index is 0.00332. The lowest BCUT2D eigenvalue weighted by Crippen LogP contribution is -2.58. The van der Waals surface area contributed by atoms with Crippen LogP contribution in [-0.2, 0) is 21.7 Å². The summed E-state index contributed by atoms with van der Waals surface area (Å²) in [6.07, 6.45) is 0. The molecule has 0 N–H and O–H groups in total. The van der Waals surface area contributed by atoms with Crippen molar-refractivity contribution in [3.05, 3.63) is 131 Å². The van der Waals surface area contributed by atoms with Crippen molar-refractivity contribution in [2.45, 2.75) is 105 Å². The molecule has 4 aliphatic heterocycles. The standard InChI is InChI=1S/C58H54B2N2O2/c1-55(2,3)31-13-19-43-39(25-31)59-41-27-33(57(7,8)9)15-21-47(41)63-49-23-17-35-37-29-38-36-18-24-50-52-54(36)62(46(38)30-45(37)61(43)53(35)51(49)59)44-20-14-32(56(4,5)6)26-40(44)60(52)42-28-34(58(10,11)12)16-22-48(42)64-50/h13-30H,1-12H3. The van der Waals surface area contributed by atoms with Gasteiger partial charge in [0, 0.05) is 32.9 Å². The summed E-state index contributed by atoms with van der Waals surface area (Å²) in [7, 11) is 0. The predicted molar refractivity (Wildman–Crippen MR) is 272 cm³/mol. The maximum Gasteiger partial charge on any atom is 0.256 e. The van der Waals surface area contributed by atoms with E-state index in [0.29, 0.717) is 0 Å². The molecule has 0 bridgehead atoms. The number of hydrogen-bond donors (Lipinski definition) is 0. The highest BCUT2D eigenvalue weighted by atomic mass is 16.5. The monoisotopic (exact) mass is 832 g/mol. The summed E-state index contributed by atoms with van der Waals surface area (Å²) in [5.41, 5.74) is 20.5. The van der Waals surface area contributed by atoms with Crippen molar-refractivity contribution in [3.63, 3.8) is 0 Å². The number of nitrogens with zero attached hydrogens (tertiary/aromatic N) is 2. The molecule has 64 heavy (non-hydrogen) atoms. The van der Waals surface area contributed by atoms with E-state index in [1.165, 1.54) is 110 Å². The Bertz CT molecular complexity index is 3380. The molecular weight excluding hydrogens is 778 g/mol. The zero-order chi connectivity index (χ0) is 44.3. The van der Waals surface area contributed by atoms with Crippen molar-refractivity contribution < 1.29 is 9.47 Å². The Labute approximate surface area is 377 Å². The fraction of sp³-hybridized carbons (Fsp3) is 0.276. The van der Waals surface area contributed by atoms with Crippen LogP contribution in [0.15, 0.2) is 109 Å². The molecule has 0 saturated carbocycles. The third-order valence-corrected chi connectivity index (χ3v) is 15.3. The normalized spacial score (nSPS) is 14.8. The van der Waals surface area contributed by atoms with Crippen LogP contribution in [-0.4, -0.2) is 22.6 Å². The van der Waals surface area contributed by atoms with Crippen LogP contribution in [0.1, 0.15) is 105 Å². The molecule has 0 spiro atoms. The molecule has 13 rings (SSSR count). The van der Waals surface area contributed by atoms with E-state index in [-0.39, 0.29) is 35.1 Å². The molecule has 0 saturated heterocycles. The van der Waals surface area contributed by atoms with Crippen LogP contribution >= 0.6 is 0 Å². The van der Waals surface area contributed by atoms with E-state index < -0.39 is 0 Å². The van der Waals surface area contributed by atoms with Crippen LogP contribution < -0.4 is 42.3 Å². The maximum atomic E-state index is 6.93. The van der Waals surface area contributed by atoms with Crippen LogP contribution in [0.4, 0.5) is 0 Å². The van der Waals surface area contributed by atoms with Gasteiger partial charge in [-0.25, -0.2) is 0 Å². The number of benzene rings is 7. The topological polar surface area (TPSA) is 28.3 Å². The van der Waals surface area contributed by atoms with Gasteiger partial charge < -0.3 is 18.6 Å². The highest BCUT2D eigenvalue weighted by Crippen LogP contribution is 2.45. The van der Waals surface area contributed by atoms with Gasteiger partial charge >= 0.3 is 0 Å². The van der Waals surface area contributed by atoms with E-state index in [9.17, 15) is 0 Å². The molecule has 4 aliphatic rings. The molecular formula is C58H54B2N2O2. The summed E-state index contributed by atoms with van der Waals surface area (Å²) < 4.78 is 19.0. The van der Waals surface area contributed by atoms with Gasteiger partial charge in [-0.05, 0) is 137 Å². The third kappa shape index (κ3) is 4.98. The van der Waals surface area contributed by atoms with Gasteiger partial charge in [0.15, 0.2) is 0 Å². The summed E-state index contributed by atoms with van der Waals surface area (Å²) in [4.78, 5) is 0. The number of aromatic nitrogens is 2. The van der Waals surface area contributed by atoms with Crippen molar-refractivity contribution in [3.8, 4) is 34.4 Å². The first-order chi connectivity index (χ1) is 30.3. The van der Waals surface area contributed by atoms with Crippen molar-refractivity contribution in [2.75, 3.05) is 0 Å². The second-order valence-electron chi connectivity index (χ2n) is 23.4. The van der Waals surface area contributed by atoms with Gasteiger partial charge in [0.05, 0.1) is 22.1 Å². The maximum absolute atomic E-state index is 6.93. The number of fused-ring (bicyclic) bond motifs is 16. The molecule has 2 aromatic heterocycles. The fourth-order valence-electron chi connectivity index (χ4n) is 11.7. The van der Waals surface area contributed by atoms with Crippen molar-refractivity contribution in [1.82, 2.24) is 9.13 Å². The lowest BCUT2D eigenvalue weighted by molar-refractivity contribution is 0.486. The number of rotatable bonds is 0. The van der Waals surface area contributed by atoms with Crippen LogP contribution in [0.3, 0.4) is 0 Å². The van der Waals surface area contributed by atoms with E-state index in [4.69, 9.17) is 9.47 Å². The van der Waals surface area contributed by atoms with E-state index in [1.807, 2.05) is 0 Å². The highest BCUT2D eigenvalue weighted by Gasteiger charge is 2.44. The lowest BCUT2D eigenvalue weighted by atomic mass is 9.34. The molecule has 9 aromatic rings. The van der Waals surface area contributed by atoms with E-state index in [1.54, 1.807) is 0 Å². The van der Waals surface area contributed by atoms with Gasteiger partial charge in [-0.15, -0.1) is 0 Å². The van der Waals surface area contributed by atoms with E-state index >= 15 is 0 Å². The van der Waals surface area contributed by atoms with E-state index in [0.717, 1.165) is 23.0 Å². The molecule has 0 amide bonds. The SMILES string of the molecule is CC(C)(C)c1ccc2c(c1)B1c3cc(C(C)(C)C)ccc3-n3c4cc5c(cc4c4ccc(c1c43)O2)c1ccc2c3c1n5-c1ccc(C(C)(C)C)cc1B3c1cc(C(C)(C)C)ccc1O2. The summed E-state index contributed by atoms with van der Waals surface area (Å²) in [6.45, 7) is 27.9. The lowest BCUT2D eigenvalue weighted by Gasteiger charge is -2.35. The number of hydrogen-bond acceptors (Lipinski definition) is 2. The van der Waals surface area contributed by atoms with E-state index in [2.05, 4.69) is 201 Å². The smallest absolute Gasteiger partial charge is 0.256 e. The molecule has 4 nitrogen and oxygen atoms in total. The Morgan fingerprint density at radius 2 is 0.688 bits per heavy atom.